The van der Waals surface area contributed by atoms with Crippen molar-refractivity contribution in [3.8, 4) is 0 Å². The Morgan fingerprint density at radius 2 is 1.41 bits per heavy atom. The van der Waals surface area contributed by atoms with Crippen molar-refractivity contribution in [3.05, 3.63) is 86.0 Å². The van der Waals surface area contributed by atoms with Crippen molar-refractivity contribution in [2.24, 2.45) is 0 Å². The molecule has 0 spiro atoms. The molecule has 0 amide bonds. The second-order valence-corrected chi connectivity index (χ2v) is 7.17. The SMILES string of the molecule is O=[N+]([O-])c1cc([N+](=O)[O-])c2ccccc2c1Cc1ccc(S(=O)(=O)O)cc1. The van der Waals surface area contributed by atoms with E-state index < -0.39 is 20.0 Å². The Bertz CT molecular complexity index is 1170. The van der Waals surface area contributed by atoms with Gasteiger partial charge in [-0.1, -0.05) is 30.3 Å². The maximum absolute atomic E-state index is 11.5. The maximum atomic E-state index is 11.5. The molecule has 1 N–H and O–H groups in total. The van der Waals surface area contributed by atoms with Gasteiger partial charge in [0, 0.05) is 12.0 Å². The van der Waals surface area contributed by atoms with Crippen molar-refractivity contribution in [1.82, 2.24) is 0 Å². The first-order valence-electron chi connectivity index (χ1n) is 7.58. The molecule has 3 aromatic carbocycles. The Kier molecular flexibility index (Phi) is 4.60. The molecule has 3 rings (SSSR count). The van der Waals surface area contributed by atoms with E-state index in [0.717, 1.165) is 6.07 Å². The van der Waals surface area contributed by atoms with E-state index in [4.69, 9.17) is 4.55 Å². The molecule has 0 unspecified atom stereocenters. The van der Waals surface area contributed by atoms with Crippen LogP contribution in [0.5, 0.6) is 0 Å². The number of rotatable bonds is 5. The molecule has 0 aromatic heterocycles. The highest BCUT2D eigenvalue weighted by atomic mass is 32.2. The number of benzene rings is 3. The Labute approximate surface area is 152 Å². The number of nitrogens with zero attached hydrogens (tertiary/aromatic N) is 2. The van der Waals surface area contributed by atoms with Crippen molar-refractivity contribution < 1.29 is 22.8 Å². The normalized spacial score (nSPS) is 11.4. The summed E-state index contributed by atoms with van der Waals surface area (Å²) in [7, 11) is -4.35. The zero-order valence-corrected chi connectivity index (χ0v) is 14.4. The molecule has 0 saturated carbocycles. The van der Waals surface area contributed by atoms with Gasteiger partial charge >= 0.3 is 0 Å². The minimum Gasteiger partial charge on any atom is -0.282 e. The fourth-order valence-corrected chi connectivity index (χ4v) is 3.37. The van der Waals surface area contributed by atoms with E-state index in [9.17, 15) is 28.6 Å². The van der Waals surface area contributed by atoms with Crippen molar-refractivity contribution >= 4 is 32.3 Å². The molecule has 27 heavy (non-hydrogen) atoms. The Balaban J connectivity index is 2.19. The lowest BCUT2D eigenvalue weighted by atomic mass is 9.95. The third kappa shape index (κ3) is 3.61. The van der Waals surface area contributed by atoms with Crippen LogP contribution in [0.25, 0.3) is 10.8 Å². The van der Waals surface area contributed by atoms with Gasteiger partial charge in [0.2, 0.25) is 0 Å². The first-order valence-corrected chi connectivity index (χ1v) is 9.02. The summed E-state index contributed by atoms with van der Waals surface area (Å²) in [6.45, 7) is 0. The zero-order valence-electron chi connectivity index (χ0n) is 13.6. The van der Waals surface area contributed by atoms with E-state index in [2.05, 4.69) is 0 Å². The molecule has 0 aliphatic heterocycles. The average Bonchev–Trinajstić information content (AvgIpc) is 2.61. The quantitative estimate of drug-likeness (QED) is 0.400. The van der Waals surface area contributed by atoms with Crippen LogP contribution in [0.4, 0.5) is 11.4 Å². The fourth-order valence-electron chi connectivity index (χ4n) is 2.89. The van der Waals surface area contributed by atoms with Crippen LogP contribution in [0.15, 0.2) is 59.5 Å². The summed E-state index contributed by atoms with van der Waals surface area (Å²) >= 11 is 0. The molecule has 138 valence electrons. The molecule has 0 aliphatic rings. The van der Waals surface area contributed by atoms with E-state index in [1.807, 2.05) is 0 Å². The smallest absolute Gasteiger partial charge is 0.282 e. The lowest BCUT2D eigenvalue weighted by Gasteiger charge is -2.09. The van der Waals surface area contributed by atoms with E-state index >= 15 is 0 Å². The molecule has 0 radical (unpaired) electrons. The third-order valence-corrected chi connectivity index (χ3v) is 4.97. The first kappa shape index (κ1) is 18.4. The standard InChI is InChI=1S/C17H12N2O7S/c20-18(21)16-10-17(19(22)23)15(13-3-1-2-4-14(13)16)9-11-5-7-12(8-6-11)27(24,25)26/h1-8,10H,9H2,(H,24,25,26). The molecule has 0 aliphatic carbocycles. The van der Waals surface area contributed by atoms with E-state index in [1.165, 1.54) is 30.3 Å². The molecule has 3 aromatic rings. The first-order chi connectivity index (χ1) is 12.7. The number of nitro groups is 2. The predicted molar refractivity (Wildman–Crippen MR) is 96.3 cm³/mol. The van der Waals surface area contributed by atoms with Gasteiger partial charge in [-0.15, -0.1) is 0 Å². The largest absolute Gasteiger partial charge is 0.294 e. The molecule has 0 heterocycles. The summed E-state index contributed by atoms with van der Waals surface area (Å²) in [5.41, 5.74) is 0.0762. The van der Waals surface area contributed by atoms with Crippen LogP contribution in [0.2, 0.25) is 0 Å². The van der Waals surface area contributed by atoms with E-state index in [-0.39, 0.29) is 33.6 Å². The Morgan fingerprint density at radius 3 is 1.93 bits per heavy atom. The number of hydrogen-bond acceptors (Lipinski definition) is 6. The summed E-state index contributed by atoms with van der Waals surface area (Å²) < 4.78 is 31.3. The van der Waals surface area contributed by atoms with Gasteiger partial charge in [0.15, 0.2) is 0 Å². The van der Waals surface area contributed by atoms with Gasteiger partial charge in [-0.2, -0.15) is 8.42 Å². The van der Waals surface area contributed by atoms with Gasteiger partial charge in [0.1, 0.15) is 0 Å². The highest BCUT2D eigenvalue weighted by Gasteiger charge is 2.25. The second-order valence-electron chi connectivity index (χ2n) is 5.75. The molecule has 0 bridgehead atoms. The van der Waals surface area contributed by atoms with Crippen LogP contribution >= 0.6 is 0 Å². The monoisotopic (exact) mass is 388 g/mol. The van der Waals surface area contributed by atoms with E-state index in [1.54, 1.807) is 18.2 Å². The molecule has 0 fully saturated rings. The van der Waals surface area contributed by atoms with Crippen LogP contribution in [0.3, 0.4) is 0 Å². The van der Waals surface area contributed by atoms with Crippen molar-refractivity contribution in [2.45, 2.75) is 11.3 Å². The summed E-state index contributed by atoms with van der Waals surface area (Å²) in [6.07, 6.45) is 0.0561. The molecule has 10 heteroatoms. The van der Waals surface area contributed by atoms with Gasteiger partial charge in [-0.3, -0.25) is 24.8 Å². The third-order valence-electron chi connectivity index (χ3n) is 4.11. The fraction of sp³-hybridized carbons (Fsp3) is 0.0588. The van der Waals surface area contributed by atoms with Crippen LogP contribution in [0, 0.1) is 20.2 Å². The number of hydrogen-bond donors (Lipinski definition) is 1. The second kappa shape index (κ2) is 6.74. The molecule has 0 atom stereocenters. The molecule has 0 saturated heterocycles. The molecule has 9 nitrogen and oxygen atoms in total. The van der Waals surface area contributed by atoms with Crippen molar-refractivity contribution in [1.29, 1.82) is 0 Å². The Hall–Kier alpha value is -3.37. The van der Waals surface area contributed by atoms with Gasteiger partial charge < -0.3 is 0 Å². The number of fused-ring (bicyclic) bond motifs is 1. The summed E-state index contributed by atoms with van der Waals surface area (Å²) in [4.78, 5) is 21.1. The molecular formula is C17H12N2O7S. The number of non-ortho nitro benzene ring substituents is 1. The Morgan fingerprint density at radius 1 is 0.852 bits per heavy atom. The highest BCUT2D eigenvalue weighted by Crippen LogP contribution is 2.36. The van der Waals surface area contributed by atoms with Crippen LogP contribution in [-0.2, 0) is 16.5 Å². The van der Waals surface area contributed by atoms with Crippen molar-refractivity contribution in [3.63, 3.8) is 0 Å². The van der Waals surface area contributed by atoms with Gasteiger partial charge in [-0.05, 0) is 29.1 Å². The topological polar surface area (TPSA) is 141 Å². The predicted octanol–water partition coefficient (Wildman–Crippen LogP) is 3.49. The minimum absolute atomic E-state index is 0.0561. The summed E-state index contributed by atoms with van der Waals surface area (Å²) in [5.74, 6) is 0. The van der Waals surface area contributed by atoms with Gasteiger partial charge in [-0.25, -0.2) is 0 Å². The molecular weight excluding hydrogens is 376 g/mol. The van der Waals surface area contributed by atoms with Gasteiger partial charge in [0.25, 0.3) is 21.5 Å². The zero-order chi connectivity index (χ0) is 19.8. The summed E-state index contributed by atoms with van der Waals surface area (Å²) in [5, 5.41) is 23.4. The maximum Gasteiger partial charge on any atom is 0.294 e. The van der Waals surface area contributed by atoms with E-state index in [0.29, 0.717) is 10.9 Å². The van der Waals surface area contributed by atoms with Gasteiger partial charge in [0.05, 0.1) is 26.2 Å². The van der Waals surface area contributed by atoms with Crippen molar-refractivity contribution in [2.75, 3.05) is 0 Å². The number of nitro benzene ring substituents is 2. The van der Waals surface area contributed by atoms with Crippen LogP contribution < -0.4 is 0 Å². The minimum atomic E-state index is -4.35. The highest BCUT2D eigenvalue weighted by molar-refractivity contribution is 7.85. The lowest BCUT2D eigenvalue weighted by Crippen LogP contribution is -2.02. The summed E-state index contributed by atoms with van der Waals surface area (Å²) in [6, 6.07) is 12.5. The average molecular weight is 388 g/mol. The van der Waals surface area contributed by atoms with Crippen LogP contribution in [0.1, 0.15) is 11.1 Å². The van der Waals surface area contributed by atoms with Crippen LogP contribution in [-0.4, -0.2) is 22.8 Å². The lowest BCUT2D eigenvalue weighted by molar-refractivity contribution is -0.393.